The third-order valence-electron chi connectivity index (χ3n) is 3.15. The van der Waals surface area contributed by atoms with Crippen molar-refractivity contribution >= 4 is 28.1 Å². The smallest absolute Gasteiger partial charge is 0.274 e. The van der Waals surface area contributed by atoms with Crippen LogP contribution < -0.4 is 11.1 Å². The number of anilines is 2. The van der Waals surface area contributed by atoms with Gasteiger partial charge in [0, 0.05) is 23.0 Å². The summed E-state index contributed by atoms with van der Waals surface area (Å²) in [5, 5.41) is 5.44. The molecule has 0 saturated heterocycles. The molecule has 0 spiro atoms. The molecule has 0 aromatic carbocycles. The SMILES string of the molecule is CC(C)n1cc(N)cc1C(=O)Nc1nc(C(C)(C)C)cs1. The number of nitrogens with two attached hydrogens (primary N) is 1. The zero-order chi connectivity index (χ0) is 15.8. The first-order valence-corrected chi connectivity index (χ1v) is 7.81. The van der Waals surface area contributed by atoms with E-state index in [1.165, 1.54) is 11.3 Å². The van der Waals surface area contributed by atoms with Crippen molar-refractivity contribution in [3.05, 3.63) is 29.0 Å². The lowest BCUT2D eigenvalue weighted by molar-refractivity contribution is 0.101. The Balaban J connectivity index is 2.21. The van der Waals surface area contributed by atoms with Crippen molar-refractivity contribution in [1.29, 1.82) is 0 Å². The third-order valence-corrected chi connectivity index (χ3v) is 3.91. The molecule has 0 bridgehead atoms. The standard InChI is InChI=1S/C15H22N4OS/c1-9(2)19-7-10(16)6-11(19)13(20)18-14-17-12(8-21-14)15(3,4)5/h6-9H,16H2,1-5H3,(H,17,18,20). The Kier molecular flexibility index (Phi) is 4.09. The average molecular weight is 306 g/mol. The van der Waals surface area contributed by atoms with Gasteiger partial charge in [-0.05, 0) is 19.9 Å². The quantitative estimate of drug-likeness (QED) is 0.909. The zero-order valence-electron chi connectivity index (χ0n) is 13.1. The summed E-state index contributed by atoms with van der Waals surface area (Å²) >= 11 is 1.44. The lowest BCUT2D eigenvalue weighted by Gasteiger charge is -2.14. The van der Waals surface area contributed by atoms with E-state index in [4.69, 9.17) is 5.73 Å². The monoisotopic (exact) mass is 306 g/mol. The summed E-state index contributed by atoms with van der Waals surface area (Å²) in [5.74, 6) is -0.185. The highest BCUT2D eigenvalue weighted by Gasteiger charge is 2.20. The molecule has 0 radical (unpaired) electrons. The molecule has 2 aromatic heterocycles. The molecule has 0 aliphatic carbocycles. The van der Waals surface area contributed by atoms with Crippen LogP contribution in [0.5, 0.6) is 0 Å². The molecule has 0 saturated carbocycles. The molecule has 0 aliphatic heterocycles. The minimum atomic E-state index is -0.185. The lowest BCUT2D eigenvalue weighted by atomic mass is 9.93. The second-order valence-electron chi connectivity index (χ2n) is 6.40. The first-order chi connectivity index (χ1) is 9.68. The van der Waals surface area contributed by atoms with Gasteiger partial charge in [0.15, 0.2) is 5.13 Å². The Morgan fingerprint density at radius 1 is 1.43 bits per heavy atom. The first-order valence-electron chi connectivity index (χ1n) is 6.93. The topological polar surface area (TPSA) is 72.9 Å². The number of hydrogen-bond acceptors (Lipinski definition) is 4. The maximum absolute atomic E-state index is 12.4. The average Bonchev–Trinajstić information content (AvgIpc) is 2.94. The molecule has 1 amide bonds. The van der Waals surface area contributed by atoms with E-state index in [2.05, 4.69) is 31.1 Å². The number of nitrogens with zero attached hydrogens (tertiary/aromatic N) is 2. The first kappa shape index (κ1) is 15.6. The minimum absolute atomic E-state index is 0.0257. The van der Waals surface area contributed by atoms with E-state index >= 15 is 0 Å². The van der Waals surface area contributed by atoms with Crippen molar-refractivity contribution in [3.8, 4) is 0 Å². The van der Waals surface area contributed by atoms with E-state index in [0.717, 1.165) is 5.69 Å². The summed E-state index contributed by atoms with van der Waals surface area (Å²) < 4.78 is 1.86. The summed E-state index contributed by atoms with van der Waals surface area (Å²) in [6, 6.07) is 1.86. The van der Waals surface area contributed by atoms with Gasteiger partial charge in [-0.3, -0.25) is 10.1 Å². The molecule has 6 heteroatoms. The van der Waals surface area contributed by atoms with Crippen molar-refractivity contribution < 1.29 is 4.79 Å². The van der Waals surface area contributed by atoms with Gasteiger partial charge >= 0.3 is 0 Å². The number of carbonyl (C=O) groups excluding carboxylic acids is 1. The molecule has 21 heavy (non-hydrogen) atoms. The van der Waals surface area contributed by atoms with Crippen LogP contribution in [0.4, 0.5) is 10.8 Å². The van der Waals surface area contributed by atoms with Crippen LogP contribution >= 0.6 is 11.3 Å². The lowest BCUT2D eigenvalue weighted by Crippen LogP contribution is -2.18. The molecule has 114 valence electrons. The second-order valence-corrected chi connectivity index (χ2v) is 7.26. The van der Waals surface area contributed by atoms with Gasteiger partial charge < -0.3 is 10.3 Å². The fraction of sp³-hybridized carbons (Fsp3) is 0.467. The van der Waals surface area contributed by atoms with E-state index in [1.54, 1.807) is 12.3 Å². The van der Waals surface area contributed by atoms with Crippen molar-refractivity contribution in [2.75, 3.05) is 11.1 Å². The molecule has 0 aliphatic rings. The minimum Gasteiger partial charge on any atom is -0.397 e. The van der Waals surface area contributed by atoms with Crippen LogP contribution in [0.1, 0.15) is 56.8 Å². The summed E-state index contributed by atoms with van der Waals surface area (Å²) in [6.45, 7) is 10.3. The Morgan fingerprint density at radius 3 is 2.62 bits per heavy atom. The maximum Gasteiger partial charge on any atom is 0.274 e. The van der Waals surface area contributed by atoms with Crippen LogP contribution in [0.3, 0.4) is 0 Å². The van der Waals surface area contributed by atoms with Gasteiger partial charge in [-0.1, -0.05) is 20.8 Å². The number of carbonyl (C=O) groups is 1. The fourth-order valence-electron chi connectivity index (χ4n) is 1.95. The normalized spacial score (nSPS) is 11.9. The number of aromatic nitrogens is 2. The molecule has 2 aromatic rings. The highest BCUT2D eigenvalue weighted by atomic mass is 32.1. The summed E-state index contributed by atoms with van der Waals surface area (Å²) in [7, 11) is 0. The number of thiazole rings is 1. The number of rotatable bonds is 3. The van der Waals surface area contributed by atoms with Crippen molar-refractivity contribution in [3.63, 3.8) is 0 Å². The van der Waals surface area contributed by atoms with Crippen LogP contribution in [0.2, 0.25) is 0 Å². The molecule has 0 atom stereocenters. The van der Waals surface area contributed by atoms with Gasteiger partial charge in [-0.25, -0.2) is 4.98 Å². The zero-order valence-corrected chi connectivity index (χ0v) is 13.9. The van der Waals surface area contributed by atoms with Crippen LogP contribution in [0.25, 0.3) is 0 Å². The van der Waals surface area contributed by atoms with Crippen molar-refractivity contribution in [2.45, 2.75) is 46.1 Å². The fourth-order valence-corrected chi connectivity index (χ4v) is 2.88. The summed E-state index contributed by atoms with van der Waals surface area (Å²) in [6.07, 6.45) is 1.78. The van der Waals surface area contributed by atoms with E-state index in [-0.39, 0.29) is 17.4 Å². The van der Waals surface area contributed by atoms with Gasteiger partial charge in [0.2, 0.25) is 0 Å². The highest BCUT2D eigenvalue weighted by molar-refractivity contribution is 7.14. The van der Waals surface area contributed by atoms with E-state index in [0.29, 0.717) is 16.5 Å². The van der Waals surface area contributed by atoms with Crippen LogP contribution in [0.15, 0.2) is 17.6 Å². The molecular formula is C15H22N4OS. The largest absolute Gasteiger partial charge is 0.397 e. The number of amides is 1. The van der Waals surface area contributed by atoms with E-state index in [9.17, 15) is 4.79 Å². The third kappa shape index (κ3) is 3.44. The predicted octanol–water partition coefficient (Wildman–Crippen LogP) is 3.66. The predicted molar refractivity (Wildman–Crippen MR) is 88.0 cm³/mol. The Labute approximate surface area is 129 Å². The molecule has 2 heterocycles. The molecule has 3 N–H and O–H groups in total. The number of hydrogen-bond donors (Lipinski definition) is 2. The molecule has 0 fully saturated rings. The van der Waals surface area contributed by atoms with Gasteiger partial charge in [0.05, 0.1) is 11.4 Å². The summed E-state index contributed by atoms with van der Waals surface area (Å²) in [4.78, 5) is 16.9. The van der Waals surface area contributed by atoms with E-state index in [1.807, 2.05) is 23.8 Å². The van der Waals surface area contributed by atoms with Crippen molar-refractivity contribution in [2.24, 2.45) is 0 Å². The second kappa shape index (κ2) is 5.52. The van der Waals surface area contributed by atoms with Gasteiger partial charge in [-0.2, -0.15) is 0 Å². The Hall–Kier alpha value is -1.82. The van der Waals surface area contributed by atoms with Gasteiger partial charge in [0.1, 0.15) is 5.69 Å². The van der Waals surface area contributed by atoms with Crippen molar-refractivity contribution in [1.82, 2.24) is 9.55 Å². The Morgan fingerprint density at radius 2 is 2.10 bits per heavy atom. The highest BCUT2D eigenvalue weighted by Crippen LogP contribution is 2.27. The van der Waals surface area contributed by atoms with Gasteiger partial charge in [-0.15, -0.1) is 11.3 Å². The molecule has 5 nitrogen and oxygen atoms in total. The maximum atomic E-state index is 12.4. The molecular weight excluding hydrogens is 284 g/mol. The van der Waals surface area contributed by atoms with Gasteiger partial charge in [0.25, 0.3) is 5.91 Å². The van der Waals surface area contributed by atoms with Crippen LogP contribution in [-0.2, 0) is 5.41 Å². The number of nitrogens with one attached hydrogen (secondary N) is 1. The molecule has 0 unspecified atom stereocenters. The Bertz CT molecular complexity index is 649. The van der Waals surface area contributed by atoms with Crippen LogP contribution in [0, 0.1) is 0 Å². The van der Waals surface area contributed by atoms with E-state index < -0.39 is 0 Å². The number of nitrogen functional groups attached to an aromatic ring is 1. The summed E-state index contributed by atoms with van der Waals surface area (Å²) in [5.41, 5.74) is 7.88. The molecule has 2 rings (SSSR count). The van der Waals surface area contributed by atoms with Crippen LogP contribution in [-0.4, -0.2) is 15.5 Å².